The van der Waals surface area contributed by atoms with Gasteiger partial charge in [0.2, 0.25) is 0 Å². The number of aliphatic hydroxyl groups excluding tert-OH is 1. The van der Waals surface area contributed by atoms with E-state index in [0.29, 0.717) is 5.92 Å². The molecule has 0 amide bonds. The number of pyridine rings is 1. The molecular weight excluding hydrogens is 266 g/mol. The highest BCUT2D eigenvalue weighted by Crippen LogP contribution is 2.49. The van der Waals surface area contributed by atoms with E-state index in [1.54, 1.807) is 7.11 Å². The molecule has 1 N–H and O–H groups in total. The fraction of sp³-hybridized carbons (Fsp3) is 0.706. The molecular formula is C17H25NO3. The van der Waals surface area contributed by atoms with E-state index in [2.05, 4.69) is 11.9 Å². The molecule has 2 fully saturated rings. The molecule has 1 saturated heterocycles. The van der Waals surface area contributed by atoms with E-state index in [0.717, 1.165) is 42.0 Å². The highest BCUT2D eigenvalue weighted by Gasteiger charge is 2.51. The zero-order valence-corrected chi connectivity index (χ0v) is 13.2. The van der Waals surface area contributed by atoms with Crippen LogP contribution in [0, 0.1) is 25.2 Å². The van der Waals surface area contributed by atoms with Gasteiger partial charge in [-0.3, -0.25) is 4.98 Å². The number of nitrogens with zero attached hydrogens (tertiary/aromatic N) is 1. The lowest BCUT2D eigenvalue weighted by Gasteiger charge is -2.32. The Bertz CT molecular complexity index is 527. The molecule has 0 aromatic carbocycles. The summed E-state index contributed by atoms with van der Waals surface area (Å²) in [5.74, 6) is 1.54. The van der Waals surface area contributed by atoms with Crippen LogP contribution in [0.25, 0.3) is 0 Å². The van der Waals surface area contributed by atoms with Crippen LogP contribution in [0.1, 0.15) is 36.1 Å². The predicted molar refractivity (Wildman–Crippen MR) is 80.6 cm³/mol. The minimum absolute atomic E-state index is 0.167. The molecule has 0 spiro atoms. The molecule has 2 unspecified atom stereocenters. The van der Waals surface area contributed by atoms with E-state index in [9.17, 15) is 5.11 Å². The maximum atomic E-state index is 10.1. The molecule has 0 radical (unpaired) electrons. The number of hydrogen-bond donors (Lipinski definition) is 1. The number of aliphatic hydroxyl groups is 1. The topological polar surface area (TPSA) is 51.6 Å². The average molecular weight is 291 g/mol. The van der Waals surface area contributed by atoms with Crippen molar-refractivity contribution in [2.75, 3.05) is 20.3 Å². The van der Waals surface area contributed by atoms with Crippen LogP contribution in [0.3, 0.4) is 0 Å². The zero-order valence-electron chi connectivity index (χ0n) is 13.2. The molecule has 4 nitrogen and oxygen atoms in total. The van der Waals surface area contributed by atoms with Crippen molar-refractivity contribution in [1.29, 1.82) is 0 Å². The molecule has 4 heteroatoms. The number of ether oxygens (including phenoxy) is 2. The first-order valence-corrected chi connectivity index (χ1v) is 7.83. The van der Waals surface area contributed by atoms with Gasteiger partial charge >= 0.3 is 0 Å². The minimum atomic E-state index is -0.167. The van der Waals surface area contributed by atoms with E-state index < -0.39 is 0 Å². The van der Waals surface area contributed by atoms with Crippen LogP contribution in [0.2, 0.25) is 0 Å². The Morgan fingerprint density at radius 2 is 2.19 bits per heavy atom. The summed E-state index contributed by atoms with van der Waals surface area (Å²) < 4.78 is 11.5. The van der Waals surface area contributed by atoms with Crippen molar-refractivity contribution < 1.29 is 14.6 Å². The van der Waals surface area contributed by atoms with Crippen LogP contribution in [0.5, 0.6) is 5.75 Å². The van der Waals surface area contributed by atoms with Crippen LogP contribution < -0.4 is 4.74 Å². The number of aryl methyl sites for hydroxylation is 1. The van der Waals surface area contributed by atoms with Crippen molar-refractivity contribution in [2.45, 2.75) is 45.6 Å². The zero-order chi connectivity index (χ0) is 15.0. The third kappa shape index (κ3) is 2.55. The molecule has 116 valence electrons. The highest BCUT2D eigenvalue weighted by molar-refractivity contribution is 5.41. The average Bonchev–Trinajstić information content (AvgIpc) is 3.24. The molecule has 0 bridgehead atoms. The van der Waals surface area contributed by atoms with Crippen LogP contribution in [0.4, 0.5) is 0 Å². The lowest BCUT2D eigenvalue weighted by atomic mass is 9.75. The van der Waals surface area contributed by atoms with Crippen molar-refractivity contribution in [2.24, 2.45) is 11.3 Å². The minimum Gasteiger partial charge on any atom is -0.496 e. The van der Waals surface area contributed by atoms with Crippen LogP contribution in [-0.2, 0) is 11.2 Å². The molecule has 21 heavy (non-hydrogen) atoms. The molecule has 1 aliphatic heterocycles. The monoisotopic (exact) mass is 291 g/mol. The second kappa shape index (κ2) is 5.58. The molecule has 1 saturated carbocycles. The Labute approximate surface area is 126 Å². The third-order valence-corrected chi connectivity index (χ3v) is 5.14. The van der Waals surface area contributed by atoms with Gasteiger partial charge in [-0.2, -0.15) is 0 Å². The van der Waals surface area contributed by atoms with Gasteiger partial charge in [-0.1, -0.05) is 0 Å². The predicted octanol–water partition coefficient (Wildman–Crippen LogP) is 2.43. The van der Waals surface area contributed by atoms with Crippen molar-refractivity contribution >= 4 is 0 Å². The van der Waals surface area contributed by atoms with Crippen molar-refractivity contribution in [3.8, 4) is 5.75 Å². The van der Waals surface area contributed by atoms with Gasteiger partial charge in [0, 0.05) is 41.5 Å². The first kappa shape index (κ1) is 14.8. The fourth-order valence-electron chi connectivity index (χ4n) is 3.74. The van der Waals surface area contributed by atoms with E-state index >= 15 is 0 Å². The standard InChI is InChI=1S/C17H25NO3/c1-11-9-18-14(12(2)15(11)20-3)8-17(10-19)6-7-21-16(17)13-4-5-13/h9,13,16,19H,4-8,10H2,1-3H3. The SMILES string of the molecule is COc1c(C)cnc(CC2(CO)CCOC2C2CC2)c1C. The van der Waals surface area contributed by atoms with Gasteiger partial charge in [-0.15, -0.1) is 0 Å². The van der Waals surface area contributed by atoms with E-state index in [1.165, 1.54) is 12.8 Å². The highest BCUT2D eigenvalue weighted by atomic mass is 16.5. The summed E-state index contributed by atoms with van der Waals surface area (Å²) >= 11 is 0. The van der Waals surface area contributed by atoms with Crippen molar-refractivity contribution in [1.82, 2.24) is 4.98 Å². The fourth-order valence-corrected chi connectivity index (χ4v) is 3.74. The quantitative estimate of drug-likeness (QED) is 0.905. The molecule has 1 aromatic rings. The molecule has 1 aliphatic carbocycles. The number of rotatable bonds is 5. The summed E-state index contributed by atoms with van der Waals surface area (Å²) in [6.07, 6.45) is 6.21. The second-order valence-corrected chi connectivity index (χ2v) is 6.62. The Hall–Kier alpha value is -1.13. The Morgan fingerprint density at radius 1 is 1.43 bits per heavy atom. The molecule has 3 rings (SSSR count). The maximum Gasteiger partial charge on any atom is 0.128 e. The smallest absolute Gasteiger partial charge is 0.128 e. The van der Waals surface area contributed by atoms with Gasteiger partial charge in [0.05, 0.1) is 19.8 Å². The van der Waals surface area contributed by atoms with Crippen LogP contribution in [0.15, 0.2) is 6.20 Å². The molecule has 2 heterocycles. The van der Waals surface area contributed by atoms with Gasteiger partial charge < -0.3 is 14.6 Å². The van der Waals surface area contributed by atoms with Gasteiger partial charge in [-0.25, -0.2) is 0 Å². The summed E-state index contributed by atoms with van der Waals surface area (Å²) in [5, 5.41) is 10.1. The Kier molecular flexibility index (Phi) is 3.93. The normalized spacial score (nSPS) is 28.9. The third-order valence-electron chi connectivity index (χ3n) is 5.14. The first-order chi connectivity index (χ1) is 10.1. The van der Waals surface area contributed by atoms with Gasteiger partial charge in [-0.05, 0) is 39.0 Å². The lowest BCUT2D eigenvalue weighted by molar-refractivity contribution is 0.00000142. The summed E-state index contributed by atoms with van der Waals surface area (Å²) in [6, 6.07) is 0. The summed E-state index contributed by atoms with van der Waals surface area (Å²) in [4.78, 5) is 4.61. The van der Waals surface area contributed by atoms with E-state index in [-0.39, 0.29) is 18.1 Å². The molecule has 1 aromatic heterocycles. The molecule has 2 aliphatic rings. The van der Waals surface area contributed by atoms with Gasteiger partial charge in [0.1, 0.15) is 5.75 Å². The number of hydrogen-bond acceptors (Lipinski definition) is 4. The molecule has 2 atom stereocenters. The Balaban J connectivity index is 1.90. The summed E-state index contributed by atoms with van der Waals surface area (Å²) in [5.41, 5.74) is 3.01. The number of methoxy groups -OCH3 is 1. The van der Waals surface area contributed by atoms with E-state index in [1.807, 2.05) is 13.1 Å². The van der Waals surface area contributed by atoms with Gasteiger partial charge in [0.25, 0.3) is 0 Å². The van der Waals surface area contributed by atoms with Crippen molar-refractivity contribution in [3.63, 3.8) is 0 Å². The first-order valence-electron chi connectivity index (χ1n) is 7.83. The number of aromatic nitrogens is 1. The van der Waals surface area contributed by atoms with Crippen LogP contribution >= 0.6 is 0 Å². The van der Waals surface area contributed by atoms with Crippen LogP contribution in [-0.4, -0.2) is 36.5 Å². The summed E-state index contributed by atoms with van der Waals surface area (Å²) in [6.45, 7) is 4.99. The van der Waals surface area contributed by atoms with Gasteiger partial charge in [0.15, 0.2) is 0 Å². The summed E-state index contributed by atoms with van der Waals surface area (Å²) in [7, 11) is 1.70. The second-order valence-electron chi connectivity index (χ2n) is 6.62. The largest absolute Gasteiger partial charge is 0.496 e. The maximum absolute atomic E-state index is 10.1. The van der Waals surface area contributed by atoms with Crippen molar-refractivity contribution in [3.05, 3.63) is 23.0 Å². The Morgan fingerprint density at radius 3 is 2.81 bits per heavy atom. The van der Waals surface area contributed by atoms with E-state index in [4.69, 9.17) is 9.47 Å². The lowest BCUT2D eigenvalue weighted by Crippen LogP contribution is -2.38.